The van der Waals surface area contributed by atoms with Crippen LogP contribution in [0.5, 0.6) is 0 Å². The second-order valence-electron chi connectivity index (χ2n) is 5.80. The third kappa shape index (κ3) is 3.67. The van der Waals surface area contributed by atoms with Crippen molar-refractivity contribution in [3.8, 4) is 0 Å². The molecular weight excluding hydrogens is 310 g/mol. The molecule has 0 saturated carbocycles. The van der Waals surface area contributed by atoms with Crippen molar-refractivity contribution in [3.63, 3.8) is 0 Å². The van der Waals surface area contributed by atoms with E-state index >= 15 is 0 Å². The fourth-order valence-electron chi connectivity index (χ4n) is 2.76. The Labute approximate surface area is 139 Å². The molecule has 0 spiro atoms. The highest BCUT2D eigenvalue weighted by atomic mass is 16.3. The number of carbonyl (C=O) groups is 1. The number of aryl methyl sites for hydroxylation is 1. The van der Waals surface area contributed by atoms with E-state index in [0.29, 0.717) is 0 Å². The van der Waals surface area contributed by atoms with Crippen LogP contribution in [0.25, 0.3) is 0 Å². The van der Waals surface area contributed by atoms with Gasteiger partial charge in [0.05, 0.1) is 18.8 Å². The van der Waals surface area contributed by atoms with Gasteiger partial charge in [0.2, 0.25) is 5.95 Å². The van der Waals surface area contributed by atoms with Crippen molar-refractivity contribution in [1.82, 2.24) is 30.3 Å². The summed E-state index contributed by atoms with van der Waals surface area (Å²) in [5.41, 5.74) is 1.19. The summed E-state index contributed by atoms with van der Waals surface area (Å²) in [6, 6.07) is 1.99. The molecule has 1 saturated heterocycles. The Bertz CT molecular complexity index is 703. The van der Waals surface area contributed by atoms with E-state index in [0.717, 1.165) is 37.6 Å². The van der Waals surface area contributed by atoms with Gasteiger partial charge in [-0.3, -0.25) is 4.79 Å². The minimum atomic E-state index is -0.329. The molecule has 1 aliphatic heterocycles. The van der Waals surface area contributed by atoms with Gasteiger partial charge in [0.1, 0.15) is 0 Å². The molecule has 2 N–H and O–H groups in total. The SMILES string of the molecule is Cc1ccnc(N2CCC[C@H](n3cc(C(=O)NCCO)nn3)C2)n1. The van der Waals surface area contributed by atoms with E-state index < -0.39 is 0 Å². The van der Waals surface area contributed by atoms with Crippen LogP contribution in [-0.4, -0.2) is 62.2 Å². The van der Waals surface area contributed by atoms with Crippen molar-refractivity contribution < 1.29 is 9.90 Å². The first-order valence-corrected chi connectivity index (χ1v) is 8.03. The van der Waals surface area contributed by atoms with Gasteiger partial charge in [-0.25, -0.2) is 14.6 Å². The number of nitrogens with one attached hydrogen (secondary N) is 1. The number of aliphatic hydroxyl groups is 1. The summed E-state index contributed by atoms with van der Waals surface area (Å²) in [4.78, 5) is 22.8. The van der Waals surface area contributed by atoms with Crippen molar-refractivity contribution >= 4 is 11.9 Å². The number of amides is 1. The first kappa shape index (κ1) is 16.3. The molecule has 1 aliphatic rings. The van der Waals surface area contributed by atoms with Crippen molar-refractivity contribution in [3.05, 3.63) is 29.8 Å². The lowest BCUT2D eigenvalue weighted by atomic mass is 10.1. The predicted molar refractivity (Wildman–Crippen MR) is 86.7 cm³/mol. The molecule has 0 unspecified atom stereocenters. The van der Waals surface area contributed by atoms with Gasteiger partial charge >= 0.3 is 0 Å². The third-order valence-electron chi connectivity index (χ3n) is 3.98. The number of carbonyl (C=O) groups excluding carboxylic acids is 1. The van der Waals surface area contributed by atoms with Crippen molar-refractivity contribution in [1.29, 1.82) is 0 Å². The predicted octanol–water partition coefficient (Wildman–Crippen LogP) is -0.0599. The molecule has 0 bridgehead atoms. The van der Waals surface area contributed by atoms with Gasteiger partial charge in [0.25, 0.3) is 5.91 Å². The van der Waals surface area contributed by atoms with Crippen LogP contribution in [0.2, 0.25) is 0 Å². The number of hydrogen-bond acceptors (Lipinski definition) is 7. The van der Waals surface area contributed by atoms with Crippen LogP contribution in [0.1, 0.15) is 35.1 Å². The largest absolute Gasteiger partial charge is 0.395 e. The maximum absolute atomic E-state index is 11.9. The molecule has 2 aromatic heterocycles. The van der Waals surface area contributed by atoms with E-state index in [1.165, 1.54) is 0 Å². The Balaban J connectivity index is 1.69. The highest BCUT2D eigenvalue weighted by molar-refractivity contribution is 5.91. The molecule has 0 aliphatic carbocycles. The van der Waals surface area contributed by atoms with Gasteiger partial charge < -0.3 is 15.3 Å². The average molecular weight is 331 g/mol. The topological polar surface area (TPSA) is 109 Å². The quantitative estimate of drug-likeness (QED) is 0.790. The molecule has 128 valence electrons. The zero-order valence-corrected chi connectivity index (χ0v) is 13.6. The number of piperidine rings is 1. The summed E-state index contributed by atoms with van der Waals surface area (Å²) in [6.07, 6.45) is 5.37. The summed E-state index contributed by atoms with van der Waals surface area (Å²) < 4.78 is 1.73. The molecular formula is C15H21N7O2. The summed E-state index contributed by atoms with van der Waals surface area (Å²) in [5.74, 6) is 0.394. The summed E-state index contributed by atoms with van der Waals surface area (Å²) >= 11 is 0. The zero-order chi connectivity index (χ0) is 16.9. The minimum absolute atomic E-state index is 0.103. The van der Waals surface area contributed by atoms with E-state index in [9.17, 15) is 4.79 Å². The fourth-order valence-corrected chi connectivity index (χ4v) is 2.76. The van der Waals surface area contributed by atoms with E-state index in [-0.39, 0.29) is 30.8 Å². The van der Waals surface area contributed by atoms with Crippen LogP contribution in [-0.2, 0) is 0 Å². The Kier molecular flexibility index (Phi) is 4.99. The molecule has 2 aromatic rings. The van der Waals surface area contributed by atoms with Crippen LogP contribution in [0.3, 0.4) is 0 Å². The van der Waals surface area contributed by atoms with E-state index in [1.54, 1.807) is 17.1 Å². The summed E-state index contributed by atoms with van der Waals surface area (Å²) in [6.45, 7) is 3.67. The van der Waals surface area contributed by atoms with Gasteiger partial charge in [-0.05, 0) is 25.8 Å². The van der Waals surface area contributed by atoms with Crippen molar-refractivity contribution in [2.45, 2.75) is 25.8 Å². The Morgan fingerprint density at radius 1 is 1.50 bits per heavy atom. The molecule has 1 atom stereocenters. The normalized spacial score (nSPS) is 17.8. The maximum atomic E-state index is 11.9. The van der Waals surface area contributed by atoms with Crippen LogP contribution in [0.4, 0.5) is 5.95 Å². The first-order chi connectivity index (χ1) is 11.7. The number of anilines is 1. The lowest BCUT2D eigenvalue weighted by molar-refractivity contribution is 0.0939. The number of nitrogens with zero attached hydrogens (tertiary/aromatic N) is 6. The number of rotatable bonds is 5. The molecule has 9 heteroatoms. The summed E-state index contributed by atoms with van der Waals surface area (Å²) in [7, 11) is 0. The minimum Gasteiger partial charge on any atom is -0.395 e. The van der Waals surface area contributed by atoms with Gasteiger partial charge in [-0.1, -0.05) is 5.21 Å². The smallest absolute Gasteiger partial charge is 0.273 e. The molecule has 3 heterocycles. The molecule has 24 heavy (non-hydrogen) atoms. The van der Waals surface area contributed by atoms with Crippen LogP contribution in [0, 0.1) is 6.92 Å². The second-order valence-corrected chi connectivity index (χ2v) is 5.80. The Morgan fingerprint density at radius 2 is 2.38 bits per heavy atom. The van der Waals surface area contributed by atoms with Gasteiger partial charge in [-0.15, -0.1) is 5.10 Å². The Morgan fingerprint density at radius 3 is 3.17 bits per heavy atom. The van der Waals surface area contributed by atoms with Crippen LogP contribution < -0.4 is 10.2 Å². The van der Waals surface area contributed by atoms with Crippen LogP contribution >= 0.6 is 0 Å². The van der Waals surface area contributed by atoms with Crippen molar-refractivity contribution in [2.75, 3.05) is 31.1 Å². The van der Waals surface area contributed by atoms with E-state index in [1.807, 2.05) is 13.0 Å². The van der Waals surface area contributed by atoms with Crippen LogP contribution in [0.15, 0.2) is 18.5 Å². The highest BCUT2D eigenvalue weighted by Gasteiger charge is 2.24. The van der Waals surface area contributed by atoms with E-state index in [4.69, 9.17) is 5.11 Å². The molecule has 0 radical (unpaired) electrons. The molecule has 3 rings (SSSR count). The summed E-state index contributed by atoms with van der Waals surface area (Å²) in [5, 5.41) is 19.3. The molecule has 9 nitrogen and oxygen atoms in total. The van der Waals surface area contributed by atoms with Gasteiger partial charge in [0.15, 0.2) is 5.69 Å². The maximum Gasteiger partial charge on any atom is 0.273 e. The monoisotopic (exact) mass is 331 g/mol. The zero-order valence-electron chi connectivity index (χ0n) is 13.6. The molecule has 1 fully saturated rings. The Hall–Kier alpha value is -2.55. The van der Waals surface area contributed by atoms with Crippen molar-refractivity contribution in [2.24, 2.45) is 0 Å². The molecule has 1 amide bonds. The number of aromatic nitrogens is 5. The number of hydrogen-bond donors (Lipinski definition) is 2. The standard InChI is InChI=1S/C15H21N7O2/c1-11-4-5-17-15(18-11)21-7-2-3-12(9-21)22-10-13(19-20-22)14(24)16-6-8-23/h4-5,10,12,23H,2-3,6-9H2,1H3,(H,16,24)/t12-/m0/s1. The average Bonchev–Trinajstić information content (AvgIpc) is 3.10. The number of aliphatic hydroxyl groups excluding tert-OH is 1. The third-order valence-corrected chi connectivity index (χ3v) is 3.98. The second kappa shape index (κ2) is 7.35. The van der Waals surface area contributed by atoms with E-state index in [2.05, 4.69) is 30.5 Å². The van der Waals surface area contributed by atoms with Gasteiger partial charge in [0, 0.05) is 31.5 Å². The molecule has 0 aromatic carbocycles. The van der Waals surface area contributed by atoms with Gasteiger partial charge in [-0.2, -0.15) is 0 Å². The lowest BCUT2D eigenvalue weighted by Gasteiger charge is -2.32. The highest BCUT2D eigenvalue weighted by Crippen LogP contribution is 2.23. The fraction of sp³-hybridized carbons (Fsp3) is 0.533. The lowest BCUT2D eigenvalue weighted by Crippen LogP contribution is -2.38. The first-order valence-electron chi connectivity index (χ1n) is 8.03.